The van der Waals surface area contributed by atoms with Gasteiger partial charge in [0.15, 0.2) is 36.2 Å². The van der Waals surface area contributed by atoms with Crippen molar-refractivity contribution in [3.63, 3.8) is 0 Å². The van der Waals surface area contributed by atoms with Crippen LogP contribution in [-0.4, -0.2) is 92.5 Å². The molecule has 6 aliphatic rings. The minimum Gasteiger partial charge on any atom is -0.355 e. The fourth-order valence-corrected chi connectivity index (χ4v) is 7.03. The van der Waals surface area contributed by atoms with Gasteiger partial charge in [-0.2, -0.15) is 0 Å². The van der Waals surface area contributed by atoms with Crippen LogP contribution < -0.4 is 0 Å². The second-order valence-electron chi connectivity index (χ2n) is 12.7. The van der Waals surface area contributed by atoms with E-state index < -0.39 is 84.9 Å². The number of benzene rings is 1. The third-order valence-corrected chi connectivity index (χ3v) is 8.42. The fourth-order valence-electron chi connectivity index (χ4n) is 7.03. The maximum Gasteiger partial charge on any atom is 0.190 e. The van der Waals surface area contributed by atoms with Gasteiger partial charge in [-0.15, -0.1) is 0 Å². The van der Waals surface area contributed by atoms with E-state index in [1.54, 1.807) is 7.11 Å². The topological polar surface area (TPSA) is 102 Å². The molecule has 0 bridgehead atoms. The molecule has 6 aliphatic heterocycles. The van der Waals surface area contributed by atoms with Crippen LogP contribution in [0, 0.1) is 5.92 Å². The SMILES string of the molecule is CO[C@H]1O[C@@H]2CO[C@@H](c3ccccc3)O[C@H]2[C@@H]2OC(C)(C)O[C@@H]([C@H]3O[C@@H]4OC(C)(C)O[C@@H]4[C@H]4OC(C)(C)O[C@H]43)[C@H]12. The van der Waals surface area contributed by atoms with Crippen LogP contribution in [0.4, 0.5) is 0 Å². The minimum atomic E-state index is -0.965. The molecule has 0 unspecified atom stereocenters. The maximum absolute atomic E-state index is 6.66. The molecule has 40 heavy (non-hydrogen) atoms. The lowest BCUT2D eigenvalue weighted by atomic mass is 9.79. The predicted octanol–water partition coefficient (Wildman–Crippen LogP) is 3.00. The summed E-state index contributed by atoms with van der Waals surface area (Å²) in [5.41, 5.74) is 0.929. The molecule has 7 rings (SSSR count). The van der Waals surface area contributed by atoms with Crippen molar-refractivity contribution in [1.29, 1.82) is 0 Å². The van der Waals surface area contributed by atoms with Gasteiger partial charge in [-0.05, 0) is 41.5 Å². The molecule has 6 saturated heterocycles. The Hall–Kier alpha value is -1.22. The average molecular weight is 565 g/mol. The van der Waals surface area contributed by atoms with E-state index in [2.05, 4.69) is 0 Å². The minimum absolute atomic E-state index is 0.336. The lowest BCUT2D eigenvalue weighted by molar-refractivity contribution is -0.434. The number of rotatable bonds is 3. The molecule has 6 fully saturated rings. The highest BCUT2D eigenvalue weighted by atomic mass is 16.9. The Morgan fingerprint density at radius 2 is 1.20 bits per heavy atom. The zero-order valence-electron chi connectivity index (χ0n) is 24.0. The first kappa shape index (κ1) is 27.6. The molecule has 0 radical (unpaired) electrons. The van der Waals surface area contributed by atoms with Crippen molar-refractivity contribution in [3.05, 3.63) is 35.9 Å². The van der Waals surface area contributed by atoms with Crippen LogP contribution in [0.15, 0.2) is 30.3 Å². The van der Waals surface area contributed by atoms with Gasteiger partial charge < -0.3 is 52.1 Å². The Kier molecular flexibility index (Phi) is 6.66. The van der Waals surface area contributed by atoms with Gasteiger partial charge in [-0.25, -0.2) is 0 Å². The molecule has 11 nitrogen and oxygen atoms in total. The molecule has 0 aliphatic carbocycles. The highest BCUT2D eigenvalue weighted by Crippen LogP contribution is 2.50. The summed E-state index contributed by atoms with van der Waals surface area (Å²) in [6.07, 6.45) is -5.66. The molecule has 0 amide bonds. The molecule has 12 atom stereocenters. The van der Waals surface area contributed by atoms with Gasteiger partial charge in [0.25, 0.3) is 0 Å². The lowest BCUT2D eigenvalue weighted by Gasteiger charge is -2.57. The second-order valence-corrected chi connectivity index (χ2v) is 12.7. The Balaban J connectivity index is 1.23. The molecule has 1 aromatic carbocycles. The summed E-state index contributed by atoms with van der Waals surface area (Å²) in [7, 11) is 1.62. The Morgan fingerprint density at radius 1 is 0.625 bits per heavy atom. The maximum atomic E-state index is 6.66. The molecule has 0 N–H and O–H groups in total. The number of fused-ring (bicyclic) bond motifs is 6. The van der Waals surface area contributed by atoms with Crippen molar-refractivity contribution in [2.24, 2.45) is 5.92 Å². The van der Waals surface area contributed by atoms with Gasteiger partial charge in [-0.3, -0.25) is 0 Å². The second kappa shape index (κ2) is 9.65. The molecule has 0 spiro atoms. The van der Waals surface area contributed by atoms with E-state index in [1.165, 1.54) is 0 Å². The van der Waals surface area contributed by atoms with E-state index in [4.69, 9.17) is 52.1 Å². The smallest absolute Gasteiger partial charge is 0.190 e. The van der Waals surface area contributed by atoms with Crippen molar-refractivity contribution >= 4 is 0 Å². The van der Waals surface area contributed by atoms with Crippen molar-refractivity contribution in [2.75, 3.05) is 13.7 Å². The number of ether oxygens (including phenoxy) is 11. The summed E-state index contributed by atoms with van der Waals surface area (Å²) < 4.78 is 70.1. The summed E-state index contributed by atoms with van der Waals surface area (Å²) in [6.45, 7) is 11.6. The Labute approximate surface area is 234 Å². The first-order chi connectivity index (χ1) is 18.9. The van der Waals surface area contributed by atoms with E-state index in [0.29, 0.717) is 6.61 Å². The van der Waals surface area contributed by atoms with Crippen LogP contribution in [0.3, 0.4) is 0 Å². The summed E-state index contributed by atoms with van der Waals surface area (Å²) in [5.74, 6) is -3.06. The van der Waals surface area contributed by atoms with Crippen LogP contribution in [0.5, 0.6) is 0 Å². The molecule has 1 aromatic rings. The molecule has 6 heterocycles. The molecular weight excluding hydrogens is 524 g/mol. The van der Waals surface area contributed by atoms with Gasteiger partial charge in [0.2, 0.25) is 0 Å². The molecule has 0 aromatic heterocycles. The number of hydrogen-bond donors (Lipinski definition) is 0. The van der Waals surface area contributed by atoms with Crippen LogP contribution in [0.2, 0.25) is 0 Å². The highest BCUT2D eigenvalue weighted by Gasteiger charge is 2.67. The zero-order chi connectivity index (χ0) is 28.0. The van der Waals surface area contributed by atoms with Crippen LogP contribution >= 0.6 is 0 Å². The standard InChI is InChI=1S/C29H40O11/c1-27(2)35-18-16(25(30-7)32-15-13-31-24(33-17(15)18)14-11-9-8-10-12-14)19(36-27)20-21-22(38-28(3,4)37-21)23-26(34-20)40-29(5,6)39-23/h8-12,15-26H,13H2,1-7H3/t15-,16-,17-,18-,19-,20-,21+,22+,23-,24-,25+,26-/m1/s1. The molecule has 222 valence electrons. The van der Waals surface area contributed by atoms with Gasteiger partial charge in [0.05, 0.1) is 12.5 Å². The van der Waals surface area contributed by atoms with Crippen molar-refractivity contribution in [3.8, 4) is 0 Å². The van der Waals surface area contributed by atoms with E-state index in [1.807, 2.05) is 71.9 Å². The van der Waals surface area contributed by atoms with Crippen LogP contribution in [-0.2, 0) is 52.1 Å². The third-order valence-electron chi connectivity index (χ3n) is 8.42. The molecular formula is C29H40O11. The van der Waals surface area contributed by atoms with Crippen molar-refractivity contribution < 1.29 is 52.1 Å². The first-order valence-corrected chi connectivity index (χ1v) is 14.2. The normalized spacial score (nSPS) is 48.5. The average Bonchev–Trinajstić information content (AvgIpc) is 3.40. The van der Waals surface area contributed by atoms with Crippen LogP contribution in [0.25, 0.3) is 0 Å². The number of hydrogen-bond acceptors (Lipinski definition) is 11. The molecule has 11 heteroatoms. The summed E-state index contributed by atoms with van der Waals surface area (Å²) in [4.78, 5) is 0. The Bertz CT molecular complexity index is 1080. The summed E-state index contributed by atoms with van der Waals surface area (Å²) in [6, 6.07) is 9.86. The number of methoxy groups -OCH3 is 1. The zero-order valence-corrected chi connectivity index (χ0v) is 24.0. The van der Waals surface area contributed by atoms with E-state index in [0.717, 1.165) is 5.56 Å². The quantitative estimate of drug-likeness (QED) is 0.542. The van der Waals surface area contributed by atoms with Crippen molar-refractivity contribution in [1.82, 2.24) is 0 Å². The first-order valence-electron chi connectivity index (χ1n) is 14.2. The van der Waals surface area contributed by atoms with E-state index in [-0.39, 0.29) is 6.10 Å². The van der Waals surface area contributed by atoms with E-state index >= 15 is 0 Å². The van der Waals surface area contributed by atoms with E-state index in [9.17, 15) is 0 Å². The fraction of sp³-hybridized carbons (Fsp3) is 0.793. The van der Waals surface area contributed by atoms with Crippen LogP contribution in [0.1, 0.15) is 53.4 Å². The molecule has 0 saturated carbocycles. The van der Waals surface area contributed by atoms with Crippen molar-refractivity contribution in [2.45, 2.75) is 127 Å². The van der Waals surface area contributed by atoms with Gasteiger partial charge >= 0.3 is 0 Å². The lowest BCUT2D eigenvalue weighted by Crippen LogP contribution is -2.71. The predicted molar refractivity (Wildman–Crippen MR) is 136 cm³/mol. The summed E-state index contributed by atoms with van der Waals surface area (Å²) in [5, 5.41) is 0. The monoisotopic (exact) mass is 564 g/mol. The largest absolute Gasteiger partial charge is 0.355 e. The highest BCUT2D eigenvalue weighted by molar-refractivity contribution is 5.17. The van der Waals surface area contributed by atoms with Gasteiger partial charge in [0.1, 0.15) is 48.8 Å². The third kappa shape index (κ3) is 4.73. The van der Waals surface area contributed by atoms with Gasteiger partial charge in [-0.1, -0.05) is 30.3 Å². The Morgan fingerprint density at radius 3 is 1.88 bits per heavy atom. The van der Waals surface area contributed by atoms with Gasteiger partial charge in [0, 0.05) is 12.7 Å². The summed E-state index contributed by atoms with van der Waals surface area (Å²) >= 11 is 0.